The van der Waals surface area contributed by atoms with Gasteiger partial charge in [0.2, 0.25) is 5.82 Å². The van der Waals surface area contributed by atoms with Crippen LogP contribution in [-0.2, 0) is 14.3 Å². The lowest BCUT2D eigenvalue weighted by atomic mass is 9.99. The maximum absolute atomic E-state index is 13.8. The van der Waals surface area contributed by atoms with Gasteiger partial charge in [-0.2, -0.15) is 4.39 Å². The lowest BCUT2D eigenvalue weighted by Crippen LogP contribution is -2.19. The number of carbonyl (C=O) groups is 1. The molecule has 4 nitrogen and oxygen atoms in total. The second kappa shape index (κ2) is 5.71. The van der Waals surface area contributed by atoms with Crippen molar-refractivity contribution >= 4 is 11.5 Å². The van der Waals surface area contributed by atoms with Crippen molar-refractivity contribution in [1.82, 2.24) is 0 Å². The number of rotatable bonds is 4. The zero-order valence-electron chi connectivity index (χ0n) is 12.2. The van der Waals surface area contributed by atoms with E-state index in [0.717, 1.165) is 6.07 Å². The van der Waals surface area contributed by atoms with E-state index in [0.29, 0.717) is 5.76 Å². The van der Waals surface area contributed by atoms with Crippen LogP contribution in [0.1, 0.15) is 19.4 Å². The fourth-order valence-electron chi connectivity index (χ4n) is 2.30. The summed E-state index contributed by atoms with van der Waals surface area (Å²) in [6.07, 6.45) is -0.560. The summed E-state index contributed by atoms with van der Waals surface area (Å²) in [5.41, 5.74) is 0.174. The van der Waals surface area contributed by atoms with E-state index in [1.807, 2.05) is 13.8 Å². The minimum Gasteiger partial charge on any atom is -0.496 e. The second-order valence-electron chi connectivity index (χ2n) is 4.96. The number of esters is 1. The Labute approximate surface area is 121 Å². The number of cyclic esters (lactones) is 1. The average molecular weight is 298 g/mol. The second-order valence-corrected chi connectivity index (χ2v) is 4.96. The van der Waals surface area contributed by atoms with Crippen LogP contribution < -0.4 is 4.74 Å². The Hall–Kier alpha value is -2.11. The predicted octanol–water partition coefficient (Wildman–Crippen LogP) is 2.91. The molecule has 0 N–H and O–H groups in total. The van der Waals surface area contributed by atoms with Gasteiger partial charge in [0.25, 0.3) is 0 Å². The van der Waals surface area contributed by atoms with Crippen molar-refractivity contribution in [1.29, 1.82) is 0 Å². The van der Waals surface area contributed by atoms with E-state index in [4.69, 9.17) is 14.2 Å². The number of benzene rings is 1. The molecule has 0 radical (unpaired) electrons. The highest BCUT2D eigenvalue weighted by Gasteiger charge is 2.39. The summed E-state index contributed by atoms with van der Waals surface area (Å²) in [5.74, 6) is -2.92. The van der Waals surface area contributed by atoms with Gasteiger partial charge in [0, 0.05) is 5.56 Å². The Morgan fingerprint density at radius 3 is 2.38 bits per heavy atom. The van der Waals surface area contributed by atoms with Crippen LogP contribution in [0.4, 0.5) is 8.78 Å². The van der Waals surface area contributed by atoms with Crippen LogP contribution in [0.15, 0.2) is 17.9 Å². The van der Waals surface area contributed by atoms with Gasteiger partial charge in [-0.25, -0.2) is 9.18 Å². The minimum atomic E-state index is -1.15. The molecule has 1 aromatic carbocycles. The van der Waals surface area contributed by atoms with E-state index in [-0.39, 0.29) is 22.8 Å². The van der Waals surface area contributed by atoms with Crippen molar-refractivity contribution < 1.29 is 27.8 Å². The largest absolute Gasteiger partial charge is 0.496 e. The lowest BCUT2D eigenvalue weighted by Gasteiger charge is -2.16. The van der Waals surface area contributed by atoms with Crippen molar-refractivity contribution in [2.75, 3.05) is 14.2 Å². The summed E-state index contributed by atoms with van der Waals surface area (Å²) in [7, 11) is 2.60. The van der Waals surface area contributed by atoms with Crippen molar-refractivity contribution in [3.63, 3.8) is 0 Å². The molecule has 0 spiro atoms. The molecule has 1 aromatic rings. The molecule has 1 heterocycles. The molecule has 1 atom stereocenters. The fraction of sp³-hybridized carbons (Fsp3) is 0.400. The predicted molar refractivity (Wildman–Crippen MR) is 71.6 cm³/mol. The summed E-state index contributed by atoms with van der Waals surface area (Å²) in [4.78, 5) is 12.1. The highest BCUT2D eigenvalue weighted by atomic mass is 19.2. The van der Waals surface area contributed by atoms with E-state index in [1.165, 1.54) is 20.3 Å². The monoisotopic (exact) mass is 298 g/mol. The third-order valence-electron chi connectivity index (χ3n) is 3.29. The van der Waals surface area contributed by atoms with Gasteiger partial charge in [-0.1, -0.05) is 13.8 Å². The minimum absolute atomic E-state index is 0.0160. The van der Waals surface area contributed by atoms with Crippen LogP contribution >= 0.6 is 0 Å². The van der Waals surface area contributed by atoms with Gasteiger partial charge in [0.1, 0.15) is 5.57 Å². The van der Waals surface area contributed by atoms with Gasteiger partial charge < -0.3 is 14.2 Å². The summed E-state index contributed by atoms with van der Waals surface area (Å²) in [6, 6.07) is 2.21. The van der Waals surface area contributed by atoms with Gasteiger partial charge in [-0.05, 0) is 18.1 Å². The van der Waals surface area contributed by atoms with Crippen molar-refractivity contribution in [2.45, 2.75) is 20.0 Å². The maximum atomic E-state index is 13.8. The summed E-state index contributed by atoms with van der Waals surface area (Å²) >= 11 is 0. The van der Waals surface area contributed by atoms with Gasteiger partial charge in [0.15, 0.2) is 23.4 Å². The first-order chi connectivity index (χ1) is 9.92. The Balaban J connectivity index is 2.66. The normalized spacial score (nSPS) is 18.2. The quantitative estimate of drug-likeness (QED) is 0.802. The number of methoxy groups -OCH3 is 2. The van der Waals surface area contributed by atoms with E-state index >= 15 is 0 Å². The smallest absolute Gasteiger partial charge is 0.343 e. The molecule has 0 bridgehead atoms. The highest BCUT2D eigenvalue weighted by molar-refractivity contribution is 6.20. The van der Waals surface area contributed by atoms with Gasteiger partial charge >= 0.3 is 5.97 Å². The third kappa shape index (κ3) is 2.46. The Bertz CT molecular complexity index is 608. The first-order valence-electron chi connectivity index (χ1n) is 6.43. The van der Waals surface area contributed by atoms with Gasteiger partial charge in [-0.3, -0.25) is 0 Å². The van der Waals surface area contributed by atoms with Crippen molar-refractivity contribution in [3.05, 3.63) is 35.1 Å². The first-order valence-corrected chi connectivity index (χ1v) is 6.43. The van der Waals surface area contributed by atoms with Crippen LogP contribution in [0.5, 0.6) is 5.75 Å². The molecule has 1 unspecified atom stereocenters. The highest BCUT2D eigenvalue weighted by Crippen LogP contribution is 2.39. The van der Waals surface area contributed by atoms with Crippen LogP contribution in [0.25, 0.3) is 5.57 Å². The van der Waals surface area contributed by atoms with Gasteiger partial charge in [0.05, 0.1) is 14.2 Å². The van der Waals surface area contributed by atoms with Gasteiger partial charge in [-0.15, -0.1) is 0 Å². The summed E-state index contributed by atoms with van der Waals surface area (Å²) in [6.45, 7) is 3.73. The standard InChI is InChI=1S/C15H16F2O4/c1-7(2)12-14(20-4)10(15(18)21-12)8-5-6-9(16)11(17)13(8)19-3/h5-7,12H,1-4H3. The molecule has 21 heavy (non-hydrogen) atoms. The molecule has 1 aliphatic rings. The molecule has 0 aliphatic carbocycles. The van der Waals surface area contributed by atoms with E-state index in [1.54, 1.807) is 0 Å². The topological polar surface area (TPSA) is 44.8 Å². The summed E-state index contributed by atoms with van der Waals surface area (Å²) < 4.78 is 42.5. The molecule has 6 heteroatoms. The molecule has 0 amide bonds. The Kier molecular flexibility index (Phi) is 4.16. The summed E-state index contributed by atoms with van der Waals surface area (Å²) in [5, 5.41) is 0. The van der Waals surface area contributed by atoms with E-state index < -0.39 is 23.7 Å². The van der Waals surface area contributed by atoms with Crippen molar-refractivity contribution in [3.8, 4) is 5.75 Å². The number of halogens is 2. The van der Waals surface area contributed by atoms with E-state index in [2.05, 4.69) is 0 Å². The molecule has 1 aliphatic heterocycles. The van der Waals surface area contributed by atoms with Crippen LogP contribution in [0, 0.1) is 17.6 Å². The zero-order valence-corrected chi connectivity index (χ0v) is 12.2. The number of ether oxygens (including phenoxy) is 3. The lowest BCUT2D eigenvalue weighted by molar-refractivity contribution is -0.140. The first kappa shape index (κ1) is 15.3. The van der Waals surface area contributed by atoms with Crippen molar-refractivity contribution in [2.24, 2.45) is 5.92 Å². The van der Waals surface area contributed by atoms with Crippen LogP contribution in [0.3, 0.4) is 0 Å². The zero-order chi connectivity index (χ0) is 15.7. The molecular formula is C15H16F2O4. The Morgan fingerprint density at radius 1 is 1.19 bits per heavy atom. The Morgan fingerprint density at radius 2 is 1.86 bits per heavy atom. The molecule has 0 aromatic heterocycles. The number of carbonyl (C=O) groups excluding carboxylic acids is 1. The molecule has 0 fully saturated rings. The fourth-order valence-corrected chi connectivity index (χ4v) is 2.30. The molecule has 2 rings (SSSR count). The number of hydrogen-bond donors (Lipinski definition) is 0. The SMILES string of the molecule is COC1=C(c2ccc(F)c(F)c2OC)C(=O)OC1C(C)C. The molecular weight excluding hydrogens is 282 g/mol. The van der Waals surface area contributed by atoms with Crippen LogP contribution in [-0.4, -0.2) is 26.3 Å². The molecule has 0 saturated heterocycles. The molecule has 0 saturated carbocycles. The number of hydrogen-bond acceptors (Lipinski definition) is 4. The molecule has 114 valence electrons. The van der Waals surface area contributed by atoms with Crippen LogP contribution in [0.2, 0.25) is 0 Å². The average Bonchev–Trinajstić information content (AvgIpc) is 2.78. The van der Waals surface area contributed by atoms with E-state index in [9.17, 15) is 13.6 Å². The third-order valence-corrected chi connectivity index (χ3v) is 3.29. The maximum Gasteiger partial charge on any atom is 0.343 e.